The van der Waals surface area contributed by atoms with Gasteiger partial charge in [0.2, 0.25) is 11.9 Å². The van der Waals surface area contributed by atoms with Crippen molar-refractivity contribution < 1.29 is 0 Å². The van der Waals surface area contributed by atoms with Crippen LogP contribution in [0.3, 0.4) is 0 Å². The van der Waals surface area contributed by atoms with Gasteiger partial charge in [0.05, 0.1) is 60.7 Å². The van der Waals surface area contributed by atoms with E-state index >= 15 is 0 Å². The second-order valence-electron chi connectivity index (χ2n) is 13.6. The van der Waals surface area contributed by atoms with E-state index in [0.29, 0.717) is 64.2 Å². The Kier molecular flexibility index (Phi) is 9.86. The number of fused-ring (bicyclic) bond motifs is 4. The molecule has 0 aliphatic heterocycles. The maximum atomic E-state index is 12.5. The molecule has 4 aromatic carbocycles. The van der Waals surface area contributed by atoms with E-state index in [1.54, 1.807) is 73.6 Å². The monoisotopic (exact) mass is 796 g/mol. The van der Waals surface area contributed by atoms with Crippen LogP contribution in [0.25, 0.3) is 66.0 Å². The van der Waals surface area contributed by atoms with Crippen LogP contribution in [0, 0.1) is 27.0 Å². The summed E-state index contributed by atoms with van der Waals surface area (Å²) in [4.78, 5) is 64.3. The van der Waals surface area contributed by atoms with Crippen LogP contribution in [-0.2, 0) is 13.1 Å². The highest BCUT2D eigenvalue weighted by Gasteiger charge is 2.16. The minimum absolute atomic E-state index is 0. The maximum Gasteiger partial charge on any atom is 0.328 e. The lowest BCUT2D eigenvalue weighted by Gasteiger charge is -2.06. The predicted molar refractivity (Wildman–Crippen MR) is 229 cm³/mol. The zero-order chi connectivity index (χ0) is 39.9. The van der Waals surface area contributed by atoms with Gasteiger partial charge in [-0.3, -0.25) is 18.3 Å². The smallest absolute Gasteiger partial charge is 0.303 e. The van der Waals surface area contributed by atoms with E-state index in [0.717, 1.165) is 38.8 Å². The molecule has 0 saturated carbocycles. The van der Waals surface area contributed by atoms with Crippen molar-refractivity contribution in [3.05, 3.63) is 176 Å². The lowest BCUT2D eigenvalue weighted by molar-refractivity contribution is 0.774. The van der Waals surface area contributed by atoms with Crippen LogP contribution in [0.4, 0.5) is 11.4 Å². The standard InChI is InChI=1S/2C21H15N7O.H2S/c1-13-4-3-5-14(8-13)11-27-19-17(25-21(27)29)10-23-20(26-19)28-12-24-16-9-15(22-2)6-7-18(16)28;1-13-4-3-5-14(8-13)11-27-19-17(25-21(27)29)10-23-20(26-19)28-12-24-16-7-6-15(22-2)9-18(16)28;/h2*3-10,12H,11H2,1H3,(H,25,29);1H2. The van der Waals surface area contributed by atoms with Crippen LogP contribution in [-0.4, -0.2) is 58.1 Å². The first-order valence-electron chi connectivity index (χ1n) is 18.0. The first-order chi connectivity index (χ1) is 28.2. The van der Waals surface area contributed by atoms with Crippen molar-refractivity contribution in [2.24, 2.45) is 0 Å². The molecule has 0 atom stereocenters. The number of nitrogens with one attached hydrogen (secondary N) is 2. The molecule has 16 nitrogen and oxygen atoms in total. The van der Waals surface area contributed by atoms with E-state index in [1.165, 1.54) is 0 Å². The Balaban J connectivity index is 0.000000161. The molecule has 59 heavy (non-hydrogen) atoms. The minimum atomic E-state index is -0.237. The van der Waals surface area contributed by atoms with Crippen molar-refractivity contribution in [3.63, 3.8) is 0 Å². The molecule has 0 amide bonds. The lowest BCUT2D eigenvalue weighted by Crippen LogP contribution is -2.18. The summed E-state index contributed by atoms with van der Waals surface area (Å²) in [5, 5.41) is 0. The molecule has 0 fully saturated rings. The van der Waals surface area contributed by atoms with Crippen LogP contribution in [0.5, 0.6) is 0 Å². The summed E-state index contributed by atoms with van der Waals surface area (Å²) < 4.78 is 6.67. The molecular weight excluding hydrogens is 765 g/mol. The van der Waals surface area contributed by atoms with Crippen molar-refractivity contribution in [3.8, 4) is 11.9 Å². The van der Waals surface area contributed by atoms with E-state index in [9.17, 15) is 9.59 Å². The summed E-state index contributed by atoms with van der Waals surface area (Å²) in [5.74, 6) is 0.798. The summed E-state index contributed by atoms with van der Waals surface area (Å²) in [5.41, 5.74) is 10.0. The molecule has 0 saturated heterocycles. The van der Waals surface area contributed by atoms with Gasteiger partial charge in [0, 0.05) is 0 Å². The highest BCUT2D eigenvalue weighted by Crippen LogP contribution is 2.24. The zero-order valence-electron chi connectivity index (χ0n) is 31.5. The van der Waals surface area contributed by atoms with Gasteiger partial charge in [-0.25, -0.2) is 39.2 Å². The number of aromatic amines is 2. The zero-order valence-corrected chi connectivity index (χ0v) is 32.5. The largest absolute Gasteiger partial charge is 0.328 e. The number of H-pyrrole nitrogens is 2. The number of nitrogens with zero attached hydrogens (tertiary/aromatic N) is 12. The number of aryl methyl sites for hydroxylation is 2. The van der Waals surface area contributed by atoms with E-state index in [-0.39, 0.29) is 24.9 Å². The number of imidazole rings is 4. The third kappa shape index (κ3) is 7.21. The van der Waals surface area contributed by atoms with E-state index in [4.69, 9.17) is 13.1 Å². The summed E-state index contributed by atoms with van der Waals surface area (Å²) >= 11 is 0. The molecule has 0 aliphatic carbocycles. The topological polar surface area (TPSA) is 172 Å². The maximum absolute atomic E-state index is 12.5. The van der Waals surface area contributed by atoms with Crippen LogP contribution in [0.15, 0.2) is 120 Å². The fourth-order valence-electron chi connectivity index (χ4n) is 6.84. The molecule has 288 valence electrons. The number of rotatable bonds is 6. The van der Waals surface area contributed by atoms with E-state index in [2.05, 4.69) is 49.6 Å². The summed E-state index contributed by atoms with van der Waals surface area (Å²) in [7, 11) is 0. The van der Waals surface area contributed by atoms with E-state index < -0.39 is 0 Å². The quantitative estimate of drug-likeness (QED) is 0.172. The van der Waals surface area contributed by atoms with Gasteiger partial charge in [-0.05, 0) is 49.2 Å². The van der Waals surface area contributed by atoms with Gasteiger partial charge < -0.3 is 9.97 Å². The third-order valence-electron chi connectivity index (χ3n) is 9.59. The van der Waals surface area contributed by atoms with Gasteiger partial charge in [0.15, 0.2) is 22.7 Å². The SMILES string of the molecule is S.[C-]#[N+]c1ccc2c(c1)ncn2-c1ncc2[nH]c(=O)n(Cc3cccc(C)c3)c2n1.[C-]#[N+]c1ccc2ncn(-c3ncc4[nH]c(=O)n(Cc5cccc(C)c5)c4n3)c2c1. The Morgan fingerprint density at radius 3 is 1.64 bits per heavy atom. The molecular formula is C42H32N14O2S. The van der Waals surface area contributed by atoms with Gasteiger partial charge in [0.25, 0.3) is 0 Å². The number of hydrogen-bond acceptors (Lipinski definition) is 8. The number of benzene rings is 4. The Bertz CT molecular complexity index is 3430. The molecule has 0 aliphatic rings. The molecule has 6 heterocycles. The highest BCUT2D eigenvalue weighted by atomic mass is 32.1. The molecule has 10 aromatic rings. The number of aromatic nitrogens is 12. The van der Waals surface area contributed by atoms with Gasteiger partial charge in [-0.15, -0.1) is 0 Å². The van der Waals surface area contributed by atoms with Crippen molar-refractivity contribution in [2.75, 3.05) is 0 Å². The second-order valence-corrected chi connectivity index (χ2v) is 13.6. The van der Waals surface area contributed by atoms with Crippen molar-refractivity contribution >= 4 is 69.3 Å². The molecule has 0 radical (unpaired) electrons. The fraction of sp³-hybridized carbons (Fsp3) is 0.0952. The third-order valence-corrected chi connectivity index (χ3v) is 9.59. The Morgan fingerprint density at radius 1 is 0.593 bits per heavy atom. The summed E-state index contributed by atoms with van der Waals surface area (Å²) in [6.45, 7) is 19.2. The molecule has 0 bridgehead atoms. The minimum Gasteiger partial charge on any atom is -0.303 e. The average molecular weight is 797 g/mol. The van der Waals surface area contributed by atoms with Gasteiger partial charge >= 0.3 is 11.4 Å². The van der Waals surface area contributed by atoms with Crippen molar-refractivity contribution in [2.45, 2.75) is 26.9 Å². The lowest BCUT2D eigenvalue weighted by atomic mass is 10.1. The molecule has 2 N–H and O–H groups in total. The van der Waals surface area contributed by atoms with Crippen LogP contribution in [0.1, 0.15) is 22.3 Å². The van der Waals surface area contributed by atoms with Gasteiger partial charge in [-0.2, -0.15) is 23.5 Å². The molecule has 10 rings (SSSR count). The number of hydrogen-bond donors (Lipinski definition) is 2. The second kappa shape index (κ2) is 15.4. The van der Waals surface area contributed by atoms with Crippen molar-refractivity contribution in [1.82, 2.24) is 58.1 Å². The summed E-state index contributed by atoms with van der Waals surface area (Å²) in [6.07, 6.45) is 6.44. The Hall–Kier alpha value is -8.15. The van der Waals surface area contributed by atoms with Crippen LogP contribution < -0.4 is 11.4 Å². The molecule has 0 spiro atoms. The van der Waals surface area contributed by atoms with E-state index in [1.807, 2.05) is 68.4 Å². The van der Waals surface area contributed by atoms with Crippen LogP contribution >= 0.6 is 13.5 Å². The first kappa shape index (κ1) is 37.8. The fourth-order valence-corrected chi connectivity index (χ4v) is 6.84. The Morgan fingerprint density at radius 2 is 1.10 bits per heavy atom. The van der Waals surface area contributed by atoms with Gasteiger partial charge in [0.1, 0.15) is 23.7 Å². The Labute approximate surface area is 341 Å². The van der Waals surface area contributed by atoms with Gasteiger partial charge in [-0.1, -0.05) is 71.8 Å². The highest BCUT2D eigenvalue weighted by molar-refractivity contribution is 7.59. The normalized spacial score (nSPS) is 11.0. The molecule has 6 aromatic heterocycles. The van der Waals surface area contributed by atoms with Crippen LogP contribution in [0.2, 0.25) is 0 Å². The van der Waals surface area contributed by atoms with Crippen molar-refractivity contribution in [1.29, 1.82) is 0 Å². The summed E-state index contributed by atoms with van der Waals surface area (Å²) in [6, 6.07) is 26.6. The first-order valence-corrected chi connectivity index (χ1v) is 18.0. The molecule has 0 unspecified atom stereocenters. The predicted octanol–water partition coefficient (Wildman–Crippen LogP) is 6.84. The average Bonchev–Trinajstić information content (AvgIpc) is 4.00. The molecule has 17 heteroatoms.